The Morgan fingerprint density at radius 2 is 2.18 bits per heavy atom. The van der Waals surface area contributed by atoms with E-state index in [1.807, 2.05) is 32.1 Å². The Bertz CT molecular complexity index is 150. The normalized spacial score (nSPS) is 15.8. The van der Waals surface area contributed by atoms with Gasteiger partial charge >= 0.3 is 0 Å². The molecule has 0 aliphatic carbocycles. The van der Waals surface area contributed by atoms with E-state index in [9.17, 15) is 0 Å². The highest BCUT2D eigenvalue weighted by atomic mass is 16.3. The molecule has 64 valence electrons. The Hall–Kier alpha value is -0.600. The van der Waals surface area contributed by atoms with E-state index in [-0.39, 0.29) is 12.6 Å². The van der Waals surface area contributed by atoms with Gasteiger partial charge in [-0.2, -0.15) is 0 Å². The molecule has 0 saturated heterocycles. The molecule has 2 nitrogen and oxygen atoms in total. The van der Waals surface area contributed by atoms with Crippen molar-refractivity contribution in [2.75, 3.05) is 6.61 Å². The van der Waals surface area contributed by atoms with Gasteiger partial charge in [0.15, 0.2) is 0 Å². The fraction of sp³-hybridized carbons (Fsp3) is 0.556. The van der Waals surface area contributed by atoms with Crippen LogP contribution in [0.2, 0.25) is 0 Å². The van der Waals surface area contributed by atoms with Crippen molar-refractivity contribution in [3.8, 4) is 0 Å². The molecule has 0 rings (SSSR count). The molecule has 3 N–H and O–H groups in total. The third-order valence-corrected chi connectivity index (χ3v) is 1.48. The summed E-state index contributed by atoms with van der Waals surface area (Å²) in [4.78, 5) is 0. The summed E-state index contributed by atoms with van der Waals surface area (Å²) in [6.07, 6.45) is 6.74. The first-order valence-corrected chi connectivity index (χ1v) is 3.88. The van der Waals surface area contributed by atoms with Crippen LogP contribution in [0.5, 0.6) is 0 Å². The first kappa shape index (κ1) is 10.4. The number of hydrogen-bond acceptors (Lipinski definition) is 2. The van der Waals surface area contributed by atoms with E-state index in [1.165, 1.54) is 5.57 Å². The minimum absolute atomic E-state index is 0.0505. The summed E-state index contributed by atoms with van der Waals surface area (Å²) in [5.41, 5.74) is 6.73. The van der Waals surface area contributed by atoms with Crippen LogP contribution < -0.4 is 5.73 Å². The summed E-state index contributed by atoms with van der Waals surface area (Å²) in [7, 11) is 0. The van der Waals surface area contributed by atoms with Crippen molar-refractivity contribution in [1.82, 2.24) is 0 Å². The van der Waals surface area contributed by atoms with Crippen LogP contribution in [0.3, 0.4) is 0 Å². The van der Waals surface area contributed by atoms with Gasteiger partial charge in [-0.1, -0.05) is 23.8 Å². The van der Waals surface area contributed by atoms with Gasteiger partial charge in [-0.25, -0.2) is 0 Å². The summed E-state index contributed by atoms with van der Waals surface area (Å²) < 4.78 is 0. The lowest BCUT2D eigenvalue weighted by Gasteiger charge is -2.07. The molecule has 0 aliphatic rings. The lowest BCUT2D eigenvalue weighted by molar-refractivity contribution is 0.265. The second-order valence-corrected chi connectivity index (χ2v) is 2.51. The zero-order valence-electron chi connectivity index (χ0n) is 7.25. The Kier molecular flexibility index (Phi) is 5.80. The SMILES string of the molecule is C/C=C\C(=C/C)C[C@H](N)CO. The van der Waals surface area contributed by atoms with E-state index in [2.05, 4.69) is 0 Å². The maximum Gasteiger partial charge on any atom is 0.0585 e. The van der Waals surface area contributed by atoms with Crippen LogP contribution in [-0.4, -0.2) is 17.8 Å². The molecule has 0 saturated carbocycles. The summed E-state index contributed by atoms with van der Waals surface area (Å²) >= 11 is 0. The van der Waals surface area contributed by atoms with Crippen LogP contribution in [0.25, 0.3) is 0 Å². The molecule has 0 spiro atoms. The van der Waals surface area contributed by atoms with E-state index >= 15 is 0 Å². The van der Waals surface area contributed by atoms with Crippen molar-refractivity contribution < 1.29 is 5.11 Å². The Labute approximate surface area is 68.4 Å². The molecule has 0 fully saturated rings. The average molecular weight is 155 g/mol. The molecule has 0 bridgehead atoms. The fourth-order valence-corrected chi connectivity index (χ4v) is 0.863. The Morgan fingerprint density at radius 3 is 2.55 bits per heavy atom. The first-order valence-electron chi connectivity index (χ1n) is 3.88. The average Bonchev–Trinajstić information content (AvgIpc) is 2.03. The van der Waals surface area contributed by atoms with Crippen LogP contribution in [0.15, 0.2) is 23.8 Å². The van der Waals surface area contributed by atoms with Crippen molar-refractivity contribution in [3.05, 3.63) is 23.8 Å². The van der Waals surface area contributed by atoms with Gasteiger partial charge in [-0.15, -0.1) is 0 Å². The third-order valence-electron chi connectivity index (χ3n) is 1.48. The largest absolute Gasteiger partial charge is 0.395 e. The maximum absolute atomic E-state index is 8.67. The summed E-state index contributed by atoms with van der Waals surface area (Å²) in [6.45, 7) is 3.99. The van der Waals surface area contributed by atoms with Crippen LogP contribution in [0.4, 0.5) is 0 Å². The first-order chi connectivity index (χ1) is 5.24. The van der Waals surface area contributed by atoms with Gasteiger partial charge in [-0.3, -0.25) is 0 Å². The van der Waals surface area contributed by atoms with Crippen molar-refractivity contribution in [1.29, 1.82) is 0 Å². The number of rotatable bonds is 4. The van der Waals surface area contributed by atoms with Crippen LogP contribution in [0, 0.1) is 0 Å². The molecule has 0 aliphatic heterocycles. The van der Waals surface area contributed by atoms with Crippen LogP contribution in [-0.2, 0) is 0 Å². The predicted octanol–water partition coefficient (Wildman–Crippen LogP) is 1.22. The zero-order valence-corrected chi connectivity index (χ0v) is 7.25. The van der Waals surface area contributed by atoms with E-state index < -0.39 is 0 Å². The number of hydrogen-bond donors (Lipinski definition) is 2. The molecule has 11 heavy (non-hydrogen) atoms. The second kappa shape index (κ2) is 6.13. The van der Waals surface area contributed by atoms with Gasteiger partial charge in [0.1, 0.15) is 0 Å². The summed E-state index contributed by atoms with van der Waals surface area (Å²) in [6, 6.07) is -0.127. The molecular formula is C9H17NO. The quantitative estimate of drug-likeness (QED) is 0.600. The highest BCUT2D eigenvalue weighted by Gasteiger charge is 2.00. The van der Waals surface area contributed by atoms with Crippen molar-refractivity contribution in [2.24, 2.45) is 5.73 Å². The number of nitrogens with two attached hydrogens (primary N) is 1. The molecule has 0 aromatic rings. The molecule has 2 heteroatoms. The van der Waals surface area contributed by atoms with Crippen molar-refractivity contribution in [2.45, 2.75) is 26.3 Å². The zero-order chi connectivity index (χ0) is 8.69. The van der Waals surface area contributed by atoms with Crippen molar-refractivity contribution >= 4 is 0 Å². The molecular weight excluding hydrogens is 138 g/mol. The molecule has 1 atom stereocenters. The van der Waals surface area contributed by atoms with Gasteiger partial charge in [-0.05, 0) is 20.3 Å². The van der Waals surface area contributed by atoms with Gasteiger partial charge in [0, 0.05) is 6.04 Å². The smallest absolute Gasteiger partial charge is 0.0585 e. The van der Waals surface area contributed by atoms with Gasteiger partial charge in [0.25, 0.3) is 0 Å². The Morgan fingerprint density at radius 1 is 1.55 bits per heavy atom. The topological polar surface area (TPSA) is 46.2 Å². The van der Waals surface area contributed by atoms with E-state index in [4.69, 9.17) is 10.8 Å². The minimum Gasteiger partial charge on any atom is -0.395 e. The lowest BCUT2D eigenvalue weighted by Crippen LogP contribution is -2.24. The standard InChI is InChI=1S/C9H17NO/c1-3-5-8(4-2)6-9(10)7-11/h3-5,9,11H,6-7,10H2,1-2H3/b5-3-,8-4+/t9-/m0/s1. The number of aliphatic hydroxyl groups is 1. The van der Waals surface area contributed by atoms with Crippen molar-refractivity contribution in [3.63, 3.8) is 0 Å². The molecule has 0 unspecified atom stereocenters. The molecule has 0 heterocycles. The van der Waals surface area contributed by atoms with Crippen LogP contribution in [0.1, 0.15) is 20.3 Å². The van der Waals surface area contributed by atoms with E-state index in [0.717, 1.165) is 6.42 Å². The van der Waals surface area contributed by atoms with E-state index in [0.29, 0.717) is 0 Å². The Balaban J connectivity index is 3.89. The lowest BCUT2D eigenvalue weighted by atomic mass is 10.1. The highest BCUT2D eigenvalue weighted by Crippen LogP contribution is 2.05. The molecule has 0 radical (unpaired) electrons. The van der Waals surface area contributed by atoms with Gasteiger partial charge < -0.3 is 10.8 Å². The summed E-state index contributed by atoms with van der Waals surface area (Å²) in [5.74, 6) is 0. The molecule has 0 amide bonds. The fourth-order valence-electron chi connectivity index (χ4n) is 0.863. The van der Waals surface area contributed by atoms with Crippen LogP contribution >= 0.6 is 0 Å². The van der Waals surface area contributed by atoms with Gasteiger partial charge in [0.2, 0.25) is 0 Å². The maximum atomic E-state index is 8.67. The third kappa shape index (κ3) is 4.76. The van der Waals surface area contributed by atoms with Gasteiger partial charge in [0.05, 0.1) is 6.61 Å². The number of allylic oxidation sites excluding steroid dienone is 3. The minimum atomic E-state index is -0.127. The van der Waals surface area contributed by atoms with E-state index in [1.54, 1.807) is 0 Å². The summed E-state index contributed by atoms with van der Waals surface area (Å²) in [5, 5.41) is 8.67. The predicted molar refractivity (Wildman–Crippen MR) is 48.2 cm³/mol. The number of aliphatic hydroxyl groups excluding tert-OH is 1. The second-order valence-electron chi connectivity index (χ2n) is 2.51. The molecule has 0 aromatic carbocycles. The monoisotopic (exact) mass is 155 g/mol. The highest BCUT2D eigenvalue weighted by molar-refractivity contribution is 5.18. The molecule has 0 aromatic heterocycles.